The molecule has 0 heterocycles. The molecule has 162 valence electrons. The van der Waals surface area contributed by atoms with Crippen molar-refractivity contribution in [3.63, 3.8) is 0 Å². The highest BCUT2D eigenvalue weighted by Crippen LogP contribution is 2.69. The van der Waals surface area contributed by atoms with Gasteiger partial charge in [0.05, 0.1) is 0 Å². The molecule has 0 radical (unpaired) electrons. The average molecular weight is 395 g/mol. The van der Waals surface area contributed by atoms with Crippen LogP contribution >= 0.6 is 0 Å². The van der Waals surface area contributed by atoms with Gasteiger partial charge in [0.1, 0.15) is 0 Å². The Morgan fingerprint density at radius 2 is 1.54 bits per heavy atom. The van der Waals surface area contributed by atoms with Crippen molar-refractivity contribution >= 4 is 0 Å². The van der Waals surface area contributed by atoms with Gasteiger partial charge in [0, 0.05) is 12.8 Å². The molecule has 0 saturated heterocycles. The van der Waals surface area contributed by atoms with Crippen molar-refractivity contribution in [3.05, 3.63) is 0 Å². The van der Waals surface area contributed by atoms with Crippen LogP contribution in [0.2, 0.25) is 0 Å². The molecule has 0 aromatic heterocycles. The predicted octanol–water partition coefficient (Wildman–Crippen LogP) is 4.05. The van der Waals surface area contributed by atoms with E-state index < -0.39 is 11.6 Å². The quantitative estimate of drug-likeness (QED) is 0.544. The van der Waals surface area contributed by atoms with Crippen LogP contribution in [0.25, 0.3) is 0 Å². The molecule has 4 aliphatic rings. The SMILES string of the molecule is CCC[C@@H](C)[C@H]1CC[C@H]2[C@@H]3CC[C@@H]4CC(O)(O)C(O)(O)C[C@]4(C)[C@H]3CC[C@]12C. The summed E-state index contributed by atoms with van der Waals surface area (Å²) in [5.41, 5.74) is 0.219. The zero-order valence-corrected chi connectivity index (χ0v) is 18.3. The van der Waals surface area contributed by atoms with E-state index in [1.807, 2.05) is 0 Å². The Kier molecular flexibility index (Phi) is 5.02. The van der Waals surface area contributed by atoms with Crippen LogP contribution in [0.4, 0.5) is 0 Å². The normalized spacial score (nSPS) is 50.4. The molecule has 0 aliphatic heterocycles. The van der Waals surface area contributed by atoms with E-state index in [0.29, 0.717) is 17.3 Å². The van der Waals surface area contributed by atoms with Gasteiger partial charge < -0.3 is 20.4 Å². The highest BCUT2D eigenvalue weighted by molar-refractivity contribution is 5.12. The first-order valence-electron chi connectivity index (χ1n) is 11.9. The molecule has 0 amide bonds. The van der Waals surface area contributed by atoms with Crippen molar-refractivity contribution in [1.29, 1.82) is 0 Å². The summed E-state index contributed by atoms with van der Waals surface area (Å²) >= 11 is 0. The number of hydrogen-bond acceptors (Lipinski definition) is 4. The maximum absolute atomic E-state index is 10.5. The molecular formula is C24H42O4. The molecule has 4 N–H and O–H groups in total. The first kappa shape index (κ1) is 21.1. The van der Waals surface area contributed by atoms with Gasteiger partial charge >= 0.3 is 0 Å². The Hall–Kier alpha value is -0.160. The van der Waals surface area contributed by atoms with E-state index in [1.165, 1.54) is 38.5 Å². The lowest BCUT2D eigenvalue weighted by Crippen LogP contribution is -2.66. The summed E-state index contributed by atoms with van der Waals surface area (Å²) in [6, 6.07) is 0. The fraction of sp³-hybridized carbons (Fsp3) is 1.00. The molecule has 0 bridgehead atoms. The van der Waals surface area contributed by atoms with Crippen LogP contribution in [-0.4, -0.2) is 32.0 Å². The third-order valence-corrected chi connectivity index (χ3v) is 10.4. The van der Waals surface area contributed by atoms with Gasteiger partial charge in [-0.3, -0.25) is 0 Å². The number of hydrogen-bond donors (Lipinski definition) is 4. The van der Waals surface area contributed by atoms with Gasteiger partial charge in [0.15, 0.2) is 0 Å². The minimum absolute atomic E-state index is 0.0812. The van der Waals surface area contributed by atoms with Gasteiger partial charge in [0.2, 0.25) is 11.6 Å². The second-order valence-corrected chi connectivity index (χ2v) is 11.7. The van der Waals surface area contributed by atoms with E-state index in [2.05, 4.69) is 27.7 Å². The van der Waals surface area contributed by atoms with E-state index in [-0.39, 0.29) is 24.2 Å². The van der Waals surface area contributed by atoms with Crippen molar-refractivity contribution in [2.24, 2.45) is 46.3 Å². The molecule has 4 aliphatic carbocycles. The summed E-state index contributed by atoms with van der Waals surface area (Å²) in [5, 5.41) is 41.4. The monoisotopic (exact) mass is 394 g/mol. The van der Waals surface area contributed by atoms with E-state index in [0.717, 1.165) is 30.6 Å². The van der Waals surface area contributed by atoms with Crippen LogP contribution < -0.4 is 0 Å². The van der Waals surface area contributed by atoms with Gasteiger partial charge in [-0.1, -0.05) is 40.5 Å². The van der Waals surface area contributed by atoms with Gasteiger partial charge in [0.25, 0.3) is 0 Å². The van der Waals surface area contributed by atoms with E-state index in [4.69, 9.17) is 0 Å². The first-order valence-corrected chi connectivity index (χ1v) is 11.9. The molecule has 4 rings (SSSR count). The van der Waals surface area contributed by atoms with Gasteiger partial charge in [-0.25, -0.2) is 0 Å². The molecular weight excluding hydrogens is 352 g/mol. The van der Waals surface area contributed by atoms with E-state index >= 15 is 0 Å². The first-order chi connectivity index (χ1) is 13.0. The molecule has 0 spiro atoms. The fourth-order valence-corrected chi connectivity index (χ4v) is 8.96. The third kappa shape index (κ3) is 2.85. The smallest absolute Gasteiger partial charge is 0.218 e. The van der Waals surface area contributed by atoms with Gasteiger partial charge in [-0.05, 0) is 84.9 Å². The second-order valence-electron chi connectivity index (χ2n) is 11.7. The van der Waals surface area contributed by atoms with Crippen LogP contribution in [0.1, 0.15) is 91.9 Å². The molecule has 4 fully saturated rings. The largest absolute Gasteiger partial charge is 0.361 e. The number of rotatable bonds is 3. The summed E-state index contributed by atoms with van der Waals surface area (Å²) < 4.78 is 0. The molecule has 4 heteroatoms. The minimum Gasteiger partial charge on any atom is -0.361 e. The van der Waals surface area contributed by atoms with Crippen LogP contribution in [0, 0.1) is 46.3 Å². The zero-order chi connectivity index (χ0) is 20.5. The lowest BCUT2D eigenvalue weighted by Gasteiger charge is -2.63. The minimum atomic E-state index is -2.41. The molecule has 4 nitrogen and oxygen atoms in total. The Morgan fingerprint density at radius 1 is 0.857 bits per heavy atom. The average Bonchev–Trinajstić information content (AvgIpc) is 2.93. The van der Waals surface area contributed by atoms with Gasteiger partial charge in [-0.15, -0.1) is 0 Å². The summed E-state index contributed by atoms with van der Waals surface area (Å²) in [4.78, 5) is 0. The second kappa shape index (κ2) is 6.67. The molecule has 8 atom stereocenters. The highest BCUT2D eigenvalue weighted by atomic mass is 16.6. The lowest BCUT2D eigenvalue weighted by atomic mass is 9.43. The molecule has 4 saturated carbocycles. The predicted molar refractivity (Wildman–Crippen MR) is 109 cm³/mol. The molecule has 0 unspecified atom stereocenters. The van der Waals surface area contributed by atoms with Crippen LogP contribution in [0.5, 0.6) is 0 Å². The van der Waals surface area contributed by atoms with Crippen molar-refractivity contribution < 1.29 is 20.4 Å². The third-order valence-electron chi connectivity index (χ3n) is 10.4. The van der Waals surface area contributed by atoms with Crippen molar-refractivity contribution in [2.75, 3.05) is 0 Å². The topological polar surface area (TPSA) is 80.9 Å². The number of aliphatic hydroxyl groups is 4. The molecule has 28 heavy (non-hydrogen) atoms. The zero-order valence-electron chi connectivity index (χ0n) is 18.3. The lowest BCUT2D eigenvalue weighted by molar-refractivity contribution is -0.398. The van der Waals surface area contributed by atoms with Crippen molar-refractivity contribution in [3.8, 4) is 0 Å². The Labute approximate surface area is 170 Å². The molecule has 0 aromatic carbocycles. The molecule has 0 aromatic rings. The van der Waals surface area contributed by atoms with Crippen molar-refractivity contribution in [1.82, 2.24) is 0 Å². The van der Waals surface area contributed by atoms with E-state index in [1.54, 1.807) is 0 Å². The Bertz CT molecular complexity index is 601. The summed E-state index contributed by atoms with van der Waals surface area (Å²) in [6.07, 6.45) is 9.98. The van der Waals surface area contributed by atoms with Crippen molar-refractivity contribution in [2.45, 2.75) is 103 Å². The summed E-state index contributed by atoms with van der Waals surface area (Å²) in [7, 11) is 0. The maximum Gasteiger partial charge on any atom is 0.218 e. The summed E-state index contributed by atoms with van der Waals surface area (Å²) in [6.45, 7) is 9.52. The fourth-order valence-electron chi connectivity index (χ4n) is 8.96. The van der Waals surface area contributed by atoms with Gasteiger partial charge in [-0.2, -0.15) is 0 Å². The summed E-state index contributed by atoms with van der Waals surface area (Å²) in [5.74, 6) is -1.14. The van der Waals surface area contributed by atoms with E-state index in [9.17, 15) is 20.4 Å². The van der Waals surface area contributed by atoms with Crippen LogP contribution in [0.15, 0.2) is 0 Å². The Morgan fingerprint density at radius 3 is 2.21 bits per heavy atom. The Balaban J connectivity index is 1.60. The maximum atomic E-state index is 10.5. The number of fused-ring (bicyclic) bond motifs is 5. The standard InChI is InChI=1S/C24H42O4/c1-5-6-15(2)18-9-10-19-17-8-7-16-13-23(25,26)24(27,28)14-22(16,4)20(17)11-12-21(18,19)3/h15-20,25-28H,5-14H2,1-4H3/t15-,16-,17+,18-,19+,20+,21-,22+/m1/s1. The highest BCUT2D eigenvalue weighted by Gasteiger charge is 2.66. The van der Waals surface area contributed by atoms with Crippen LogP contribution in [-0.2, 0) is 0 Å². The van der Waals surface area contributed by atoms with Crippen LogP contribution in [0.3, 0.4) is 0 Å².